The van der Waals surface area contributed by atoms with Crippen LogP contribution in [0.15, 0.2) is 84.9 Å². The fourth-order valence-electron chi connectivity index (χ4n) is 5.21. The van der Waals surface area contributed by atoms with Crippen LogP contribution in [0.25, 0.3) is 22.3 Å². The first kappa shape index (κ1) is 26.8. The topological polar surface area (TPSA) is 0 Å². The van der Waals surface area contributed by atoms with E-state index < -0.39 is 0 Å². The summed E-state index contributed by atoms with van der Waals surface area (Å²) in [4.78, 5) is 0. The van der Waals surface area contributed by atoms with Crippen molar-refractivity contribution in [2.75, 3.05) is 0 Å². The lowest BCUT2D eigenvalue weighted by atomic mass is 9.96. The van der Waals surface area contributed by atoms with Gasteiger partial charge in [0.2, 0.25) is 0 Å². The molecule has 0 amide bonds. The van der Waals surface area contributed by atoms with Gasteiger partial charge in [0.25, 0.3) is 0 Å². The van der Waals surface area contributed by atoms with Gasteiger partial charge in [0.1, 0.15) is 11.6 Å². The molecule has 0 heterocycles. The zero-order chi connectivity index (χ0) is 26.0. The summed E-state index contributed by atoms with van der Waals surface area (Å²) in [5.41, 5.74) is 9.80. The summed E-state index contributed by atoms with van der Waals surface area (Å²) in [6, 6.07) is 26.9. The molecule has 192 valence electrons. The van der Waals surface area contributed by atoms with Crippen LogP contribution in [0.2, 0.25) is 0 Å². The van der Waals surface area contributed by atoms with Gasteiger partial charge in [-0.05, 0) is 108 Å². The molecule has 0 aliphatic carbocycles. The molecule has 0 unspecified atom stereocenters. The molecule has 0 N–H and O–H groups in total. The average molecular weight is 497 g/mol. The van der Waals surface area contributed by atoms with Crippen molar-refractivity contribution in [3.63, 3.8) is 0 Å². The molecule has 0 aliphatic rings. The Labute approximate surface area is 221 Å². The Balaban J connectivity index is 1.10. The number of unbranched alkanes of at least 4 members (excludes halogenated alkanes) is 6. The molecule has 4 rings (SSSR count). The van der Waals surface area contributed by atoms with Crippen LogP contribution in [0, 0.1) is 25.5 Å². The van der Waals surface area contributed by atoms with E-state index in [9.17, 15) is 8.78 Å². The van der Waals surface area contributed by atoms with Crippen molar-refractivity contribution in [1.29, 1.82) is 0 Å². The zero-order valence-electron chi connectivity index (χ0n) is 22.2. The van der Waals surface area contributed by atoms with Crippen LogP contribution in [0.3, 0.4) is 0 Å². The Morgan fingerprint density at radius 2 is 0.784 bits per heavy atom. The van der Waals surface area contributed by atoms with Gasteiger partial charge in [-0.1, -0.05) is 92.8 Å². The summed E-state index contributed by atoms with van der Waals surface area (Å²) in [6.45, 7) is 4.28. The van der Waals surface area contributed by atoms with Crippen LogP contribution >= 0.6 is 0 Å². The lowest BCUT2D eigenvalue weighted by molar-refractivity contribution is 0.579. The third-order valence-corrected chi connectivity index (χ3v) is 7.32. The predicted octanol–water partition coefficient (Wildman–Crippen LogP) is 10.4. The van der Waals surface area contributed by atoms with Gasteiger partial charge >= 0.3 is 0 Å². The van der Waals surface area contributed by atoms with Crippen LogP contribution < -0.4 is 0 Å². The minimum Gasteiger partial charge on any atom is -0.207 e. The molecule has 0 saturated heterocycles. The summed E-state index contributed by atoms with van der Waals surface area (Å²) < 4.78 is 26.4. The molecular weight excluding hydrogens is 458 g/mol. The molecule has 0 nitrogen and oxygen atoms in total. The second kappa shape index (κ2) is 13.3. The normalized spacial score (nSPS) is 11.1. The average Bonchev–Trinajstić information content (AvgIpc) is 2.89. The number of aryl methyl sites for hydroxylation is 4. The second-order valence-electron chi connectivity index (χ2n) is 10.3. The van der Waals surface area contributed by atoms with Gasteiger partial charge in [0.05, 0.1) is 0 Å². The molecule has 0 fully saturated rings. The molecule has 37 heavy (non-hydrogen) atoms. The second-order valence-corrected chi connectivity index (χ2v) is 10.3. The zero-order valence-corrected chi connectivity index (χ0v) is 22.2. The van der Waals surface area contributed by atoms with E-state index in [1.54, 1.807) is 0 Å². The van der Waals surface area contributed by atoms with Gasteiger partial charge in [0, 0.05) is 0 Å². The van der Waals surface area contributed by atoms with Gasteiger partial charge in [-0.3, -0.25) is 0 Å². The molecule has 0 atom stereocenters. The minimum atomic E-state index is -0.192. The highest BCUT2D eigenvalue weighted by atomic mass is 19.1. The molecule has 0 spiro atoms. The highest BCUT2D eigenvalue weighted by molar-refractivity contribution is 5.68. The molecule has 0 saturated carbocycles. The molecule has 0 radical (unpaired) electrons. The lowest BCUT2D eigenvalue weighted by Gasteiger charge is -2.10. The van der Waals surface area contributed by atoms with Crippen LogP contribution in [0.4, 0.5) is 8.78 Å². The Morgan fingerprint density at radius 3 is 1.14 bits per heavy atom. The van der Waals surface area contributed by atoms with E-state index in [2.05, 4.69) is 50.2 Å². The predicted molar refractivity (Wildman–Crippen MR) is 153 cm³/mol. The smallest absolute Gasteiger partial charge is 0.123 e. The number of halogens is 2. The molecule has 0 aliphatic heterocycles. The summed E-state index contributed by atoms with van der Waals surface area (Å²) in [6.07, 6.45) is 11.2. The maximum Gasteiger partial charge on any atom is 0.123 e. The largest absolute Gasteiger partial charge is 0.207 e. The Kier molecular flexibility index (Phi) is 9.65. The van der Waals surface area contributed by atoms with Gasteiger partial charge in [-0.15, -0.1) is 0 Å². The van der Waals surface area contributed by atoms with E-state index in [0.29, 0.717) is 0 Å². The quantitative estimate of drug-likeness (QED) is 0.171. The van der Waals surface area contributed by atoms with Crippen LogP contribution in [-0.2, 0) is 12.8 Å². The van der Waals surface area contributed by atoms with E-state index >= 15 is 0 Å². The van der Waals surface area contributed by atoms with Crippen molar-refractivity contribution in [1.82, 2.24) is 0 Å². The van der Waals surface area contributed by atoms with Crippen molar-refractivity contribution in [2.24, 2.45) is 0 Å². The Bertz CT molecular complexity index is 1170. The third-order valence-electron chi connectivity index (χ3n) is 7.32. The summed E-state index contributed by atoms with van der Waals surface area (Å²) in [7, 11) is 0. The van der Waals surface area contributed by atoms with E-state index in [4.69, 9.17) is 0 Å². The number of hydrogen-bond acceptors (Lipinski definition) is 0. The molecule has 0 aromatic heterocycles. The fourth-order valence-corrected chi connectivity index (χ4v) is 5.21. The van der Waals surface area contributed by atoms with E-state index in [-0.39, 0.29) is 11.6 Å². The fraction of sp³-hybridized carbons (Fsp3) is 0.314. The molecule has 2 heteroatoms. The first-order valence-electron chi connectivity index (χ1n) is 13.7. The standard InChI is InChI=1S/C35H38F2/c1-26-24-28(12-22-34(26)30-14-18-32(36)19-15-30)10-8-6-4-3-5-7-9-11-29-13-23-35(27(2)25-29)31-16-20-33(37)21-17-31/h12-25H,3-11H2,1-2H3. The first-order valence-corrected chi connectivity index (χ1v) is 13.7. The van der Waals surface area contributed by atoms with Gasteiger partial charge < -0.3 is 0 Å². The lowest BCUT2D eigenvalue weighted by Crippen LogP contribution is -1.91. The summed E-state index contributed by atoms with van der Waals surface area (Å²) in [5, 5.41) is 0. The third kappa shape index (κ3) is 7.86. The highest BCUT2D eigenvalue weighted by Crippen LogP contribution is 2.26. The Hall–Kier alpha value is -3.26. The number of hydrogen-bond donors (Lipinski definition) is 0. The van der Waals surface area contributed by atoms with Crippen molar-refractivity contribution in [3.8, 4) is 22.3 Å². The van der Waals surface area contributed by atoms with Crippen LogP contribution in [0.5, 0.6) is 0 Å². The van der Waals surface area contributed by atoms with Crippen LogP contribution in [-0.4, -0.2) is 0 Å². The maximum atomic E-state index is 13.2. The van der Waals surface area contributed by atoms with Crippen molar-refractivity contribution < 1.29 is 8.78 Å². The van der Waals surface area contributed by atoms with E-state index in [1.165, 1.54) is 103 Å². The minimum absolute atomic E-state index is 0.192. The number of rotatable bonds is 12. The molecule has 0 bridgehead atoms. The van der Waals surface area contributed by atoms with Crippen molar-refractivity contribution in [3.05, 3.63) is 119 Å². The summed E-state index contributed by atoms with van der Waals surface area (Å²) >= 11 is 0. The van der Waals surface area contributed by atoms with Crippen molar-refractivity contribution >= 4 is 0 Å². The molecule has 4 aromatic carbocycles. The monoisotopic (exact) mass is 496 g/mol. The van der Waals surface area contributed by atoms with Gasteiger partial charge in [0.15, 0.2) is 0 Å². The van der Waals surface area contributed by atoms with Crippen LogP contribution in [0.1, 0.15) is 67.2 Å². The maximum absolute atomic E-state index is 13.2. The van der Waals surface area contributed by atoms with E-state index in [0.717, 1.165) is 24.0 Å². The van der Waals surface area contributed by atoms with E-state index in [1.807, 2.05) is 24.3 Å². The first-order chi connectivity index (χ1) is 18.0. The van der Waals surface area contributed by atoms with Gasteiger partial charge in [-0.2, -0.15) is 0 Å². The molecule has 4 aromatic rings. The molecular formula is C35H38F2. The Morgan fingerprint density at radius 1 is 0.432 bits per heavy atom. The van der Waals surface area contributed by atoms with Crippen molar-refractivity contribution in [2.45, 2.75) is 71.6 Å². The highest BCUT2D eigenvalue weighted by Gasteiger charge is 2.05. The SMILES string of the molecule is Cc1cc(CCCCCCCCCc2ccc(-c3ccc(F)cc3)c(C)c2)ccc1-c1ccc(F)cc1. The summed E-state index contributed by atoms with van der Waals surface area (Å²) in [5.74, 6) is -0.384. The number of benzene rings is 4. The van der Waals surface area contributed by atoms with Gasteiger partial charge in [-0.25, -0.2) is 8.78 Å².